The molecule has 1 heterocycles. The molecule has 28 heavy (non-hydrogen) atoms. The van der Waals surface area contributed by atoms with Gasteiger partial charge in [0.1, 0.15) is 16.5 Å². The van der Waals surface area contributed by atoms with Gasteiger partial charge in [0.25, 0.3) is 0 Å². The molecular weight excluding hydrogens is 366 g/mol. The maximum Gasteiger partial charge on any atom is 0.127 e. The Labute approximate surface area is 167 Å². The Morgan fingerprint density at radius 2 is 1.54 bits per heavy atom. The fourth-order valence-electron chi connectivity index (χ4n) is 2.92. The zero-order chi connectivity index (χ0) is 19.2. The van der Waals surface area contributed by atoms with Crippen molar-refractivity contribution in [2.75, 3.05) is 12.4 Å². The molecule has 0 saturated carbocycles. The topological polar surface area (TPSA) is 58.8 Å². The molecule has 0 aliphatic carbocycles. The largest absolute Gasteiger partial charge is 0.493 e. The first-order chi connectivity index (χ1) is 13.8. The Bertz CT molecular complexity index is 1120. The molecule has 0 bridgehead atoms. The summed E-state index contributed by atoms with van der Waals surface area (Å²) in [5.74, 6) is 1.51. The monoisotopic (exact) mass is 383 g/mol. The second-order valence-electron chi connectivity index (χ2n) is 6.10. The van der Waals surface area contributed by atoms with E-state index in [1.807, 2.05) is 42.5 Å². The number of fused-ring (bicyclic) bond motifs is 1. The van der Waals surface area contributed by atoms with Crippen LogP contribution in [0.3, 0.4) is 0 Å². The molecule has 4 rings (SSSR count). The molecule has 1 aromatic heterocycles. The summed E-state index contributed by atoms with van der Waals surface area (Å²) in [6.07, 6.45) is 0. The lowest BCUT2D eigenvalue weighted by atomic mass is 10.1. The van der Waals surface area contributed by atoms with Crippen molar-refractivity contribution in [3.05, 3.63) is 84.4 Å². The summed E-state index contributed by atoms with van der Waals surface area (Å²) in [7, 11) is 0. The summed E-state index contributed by atoms with van der Waals surface area (Å²) in [5.41, 5.74) is 2.59. The standard InChI is InChI=1S/C23H17N3OS/c24-16-17-10-12-19(13-11-17)27-14-15-28-23-21-9-5-4-8-20(21)22(25-26-23)18-6-2-1-3-7-18/h1-13H,14-15H2. The predicted molar refractivity (Wildman–Crippen MR) is 112 cm³/mol. The second kappa shape index (κ2) is 8.55. The normalized spacial score (nSPS) is 10.5. The van der Waals surface area contributed by atoms with Gasteiger partial charge in [0.05, 0.1) is 18.2 Å². The summed E-state index contributed by atoms with van der Waals surface area (Å²) in [6, 6.07) is 27.6. The van der Waals surface area contributed by atoms with E-state index in [9.17, 15) is 0 Å². The van der Waals surface area contributed by atoms with Crippen molar-refractivity contribution in [1.82, 2.24) is 10.2 Å². The predicted octanol–water partition coefficient (Wildman–Crippen LogP) is 5.34. The van der Waals surface area contributed by atoms with E-state index in [4.69, 9.17) is 10.00 Å². The van der Waals surface area contributed by atoms with Crippen LogP contribution < -0.4 is 4.74 Å². The highest BCUT2D eigenvalue weighted by molar-refractivity contribution is 7.99. The van der Waals surface area contributed by atoms with Crippen LogP contribution in [0.25, 0.3) is 22.0 Å². The average Bonchev–Trinajstić information content (AvgIpc) is 2.77. The van der Waals surface area contributed by atoms with Crippen LogP contribution in [0, 0.1) is 11.3 Å². The van der Waals surface area contributed by atoms with Crippen molar-refractivity contribution >= 4 is 22.5 Å². The Balaban J connectivity index is 1.48. The highest BCUT2D eigenvalue weighted by Crippen LogP contribution is 2.31. The number of ether oxygens (including phenoxy) is 1. The first-order valence-electron chi connectivity index (χ1n) is 8.92. The van der Waals surface area contributed by atoms with Gasteiger partial charge in [-0.2, -0.15) is 5.26 Å². The minimum absolute atomic E-state index is 0.549. The third kappa shape index (κ3) is 3.98. The summed E-state index contributed by atoms with van der Waals surface area (Å²) in [6.45, 7) is 0.549. The van der Waals surface area contributed by atoms with Gasteiger partial charge in [0.2, 0.25) is 0 Å². The number of hydrogen-bond acceptors (Lipinski definition) is 5. The van der Waals surface area contributed by atoms with E-state index in [0.29, 0.717) is 12.2 Å². The number of hydrogen-bond donors (Lipinski definition) is 0. The Morgan fingerprint density at radius 1 is 0.821 bits per heavy atom. The molecule has 0 N–H and O–H groups in total. The fourth-order valence-corrected chi connectivity index (χ4v) is 3.71. The van der Waals surface area contributed by atoms with Crippen molar-refractivity contribution in [2.24, 2.45) is 0 Å². The number of nitrogens with zero attached hydrogens (tertiary/aromatic N) is 3. The quantitative estimate of drug-likeness (QED) is 0.332. The van der Waals surface area contributed by atoms with Crippen LogP contribution in [0.1, 0.15) is 5.56 Å². The highest BCUT2D eigenvalue weighted by atomic mass is 32.2. The molecule has 0 unspecified atom stereocenters. The van der Waals surface area contributed by atoms with Crippen LogP contribution in [-0.2, 0) is 0 Å². The minimum Gasteiger partial charge on any atom is -0.493 e. The number of rotatable bonds is 6. The van der Waals surface area contributed by atoms with Crippen LogP contribution in [0.2, 0.25) is 0 Å². The number of aromatic nitrogens is 2. The maximum absolute atomic E-state index is 8.84. The first-order valence-corrected chi connectivity index (χ1v) is 9.90. The molecule has 5 heteroatoms. The number of thioether (sulfide) groups is 1. The fraction of sp³-hybridized carbons (Fsp3) is 0.0870. The summed E-state index contributed by atoms with van der Waals surface area (Å²) in [4.78, 5) is 0. The van der Waals surface area contributed by atoms with Crippen LogP contribution in [-0.4, -0.2) is 22.6 Å². The van der Waals surface area contributed by atoms with Gasteiger partial charge in [-0.3, -0.25) is 0 Å². The van der Waals surface area contributed by atoms with Gasteiger partial charge in [-0.25, -0.2) is 0 Å². The maximum atomic E-state index is 8.84. The van der Waals surface area contributed by atoms with E-state index >= 15 is 0 Å². The third-order valence-electron chi connectivity index (χ3n) is 4.27. The molecule has 0 fully saturated rings. The van der Waals surface area contributed by atoms with Gasteiger partial charge >= 0.3 is 0 Å². The van der Waals surface area contributed by atoms with Crippen LogP contribution in [0.4, 0.5) is 0 Å². The van der Waals surface area contributed by atoms with Crippen molar-refractivity contribution in [1.29, 1.82) is 5.26 Å². The van der Waals surface area contributed by atoms with Gasteiger partial charge in [-0.05, 0) is 24.3 Å². The molecular formula is C23H17N3OS. The smallest absolute Gasteiger partial charge is 0.127 e. The van der Waals surface area contributed by atoms with E-state index in [2.05, 4.69) is 40.5 Å². The van der Waals surface area contributed by atoms with Gasteiger partial charge < -0.3 is 4.74 Å². The lowest BCUT2D eigenvalue weighted by molar-refractivity contribution is 0.344. The Hall–Kier alpha value is -3.36. The molecule has 0 aliphatic rings. The molecule has 136 valence electrons. The lowest BCUT2D eigenvalue weighted by Crippen LogP contribution is -2.01. The molecule has 0 spiro atoms. The van der Waals surface area contributed by atoms with Gasteiger partial charge in [-0.15, -0.1) is 22.0 Å². The minimum atomic E-state index is 0.549. The molecule has 0 aliphatic heterocycles. The third-order valence-corrected chi connectivity index (χ3v) is 5.22. The van der Waals surface area contributed by atoms with Gasteiger partial charge in [0, 0.05) is 22.1 Å². The molecule has 0 radical (unpaired) electrons. The van der Waals surface area contributed by atoms with E-state index < -0.39 is 0 Å². The van der Waals surface area contributed by atoms with Gasteiger partial charge in [-0.1, -0.05) is 54.6 Å². The van der Waals surface area contributed by atoms with E-state index in [-0.39, 0.29) is 0 Å². The first kappa shape index (κ1) is 18.0. The summed E-state index contributed by atoms with van der Waals surface area (Å²) < 4.78 is 5.75. The summed E-state index contributed by atoms with van der Waals surface area (Å²) >= 11 is 1.63. The average molecular weight is 383 g/mol. The lowest BCUT2D eigenvalue weighted by Gasteiger charge is -2.10. The molecule has 0 saturated heterocycles. The van der Waals surface area contributed by atoms with E-state index in [1.165, 1.54) is 0 Å². The van der Waals surface area contributed by atoms with Crippen LogP contribution in [0.5, 0.6) is 5.75 Å². The summed E-state index contributed by atoms with van der Waals surface area (Å²) in [5, 5.41) is 20.9. The highest BCUT2D eigenvalue weighted by Gasteiger charge is 2.11. The molecule has 4 nitrogen and oxygen atoms in total. The number of nitriles is 1. The zero-order valence-electron chi connectivity index (χ0n) is 15.1. The van der Waals surface area contributed by atoms with Crippen molar-refractivity contribution < 1.29 is 4.74 Å². The van der Waals surface area contributed by atoms with E-state index in [1.54, 1.807) is 23.9 Å². The van der Waals surface area contributed by atoms with Crippen molar-refractivity contribution in [3.63, 3.8) is 0 Å². The molecule has 0 atom stereocenters. The Morgan fingerprint density at radius 3 is 2.29 bits per heavy atom. The van der Waals surface area contributed by atoms with Gasteiger partial charge in [0.15, 0.2) is 0 Å². The molecule has 0 amide bonds. The van der Waals surface area contributed by atoms with Crippen molar-refractivity contribution in [2.45, 2.75) is 5.03 Å². The second-order valence-corrected chi connectivity index (χ2v) is 7.18. The molecule has 4 aromatic rings. The van der Waals surface area contributed by atoms with Crippen LogP contribution in [0.15, 0.2) is 83.9 Å². The van der Waals surface area contributed by atoms with Crippen molar-refractivity contribution in [3.8, 4) is 23.1 Å². The molecule has 3 aromatic carbocycles. The zero-order valence-corrected chi connectivity index (χ0v) is 15.9. The van der Waals surface area contributed by atoms with Crippen LogP contribution >= 0.6 is 11.8 Å². The SMILES string of the molecule is N#Cc1ccc(OCCSc2nnc(-c3ccccc3)c3ccccc23)cc1. The number of benzene rings is 3. The van der Waals surface area contributed by atoms with E-state index in [0.717, 1.165) is 38.6 Å². The Kier molecular flexibility index (Phi) is 5.51.